The van der Waals surface area contributed by atoms with E-state index in [2.05, 4.69) is 8.37 Å². The van der Waals surface area contributed by atoms with Crippen molar-refractivity contribution in [2.45, 2.75) is 43.1 Å². The number of benzene rings is 4. The van der Waals surface area contributed by atoms with Crippen molar-refractivity contribution in [3.63, 3.8) is 0 Å². The Morgan fingerprint density at radius 1 is 0.604 bits per heavy atom. The van der Waals surface area contributed by atoms with Gasteiger partial charge in [0.15, 0.2) is 11.5 Å². The molecule has 0 saturated carbocycles. The molecule has 6 rings (SSSR count). The van der Waals surface area contributed by atoms with Gasteiger partial charge in [-0.2, -0.15) is 43.2 Å². The van der Waals surface area contributed by atoms with Crippen molar-refractivity contribution >= 4 is 42.6 Å². The number of allylic oxidation sites excluding steroid dienone is 1. The van der Waals surface area contributed by atoms with Crippen LogP contribution in [0.25, 0.3) is 16.5 Å². The number of hydrogen-bond donors (Lipinski definition) is 0. The first kappa shape index (κ1) is 40.8. The van der Waals surface area contributed by atoms with Gasteiger partial charge in [0.2, 0.25) is 0 Å². The second kappa shape index (κ2) is 16.4. The number of ether oxygens (including phenoxy) is 3. The molecule has 0 aliphatic heterocycles. The van der Waals surface area contributed by atoms with Crippen LogP contribution in [0, 0.1) is 0 Å². The van der Waals surface area contributed by atoms with Crippen molar-refractivity contribution in [3.05, 3.63) is 101 Å². The van der Waals surface area contributed by atoms with Crippen LogP contribution in [0.4, 0.5) is 26.3 Å². The smallest absolute Gasteiger partial charge is 0.497 e. The van der Waals surface area contributed by atoms with Crippen LogP contribution in [0.1, 0.15) is 46.3 Å². The van der Waals surface area contributed by atoms with Crippen LogP contribution < -0.4 is 18.4 Å². The topological polar surface area (TPSA) is 132 Å². The van der Waals surface area contributed by atoms with Crippen LogP contribution in [0.3, 0.4) is 0 Å². The molecule has 4 aromatic carbocycles. The van der Waals surface area contributed by atoms with Gasteiger partial charge in [-0.25, -0.2) is 0 Å². The predicted molar refractivity (Wildman–Crippen MR) is 182 cm³/mol. The van der Waals surface area contributed by atoms with Gasteiger partial charge in [0.1, 0.15) is 23.0 Å². The van der Waals surface area contributed by atoms with Crippen LogP contribution in [0.15, 0.2) is 78.9 Å². The van der Waals surface area contributed by atoms with Crippen molar-refractivity contribution in [1.82, 2.24) is 0 Å². The van der Waals surface area contributed by atoms with E-state index in [0.29, 0.717) is 47.3 Å². The monoisotopic (exact) mass is 790 g/mol. The molecule has 286 valence electrons. The number of fused-ring (bicyclic) bond motifs is 3. The maximum Gasteiger partial charge on any atom is 0.534 e. The number of ketones is 1. The highest BCUT2D eigenvalue weighted by Crippen LogP contribution is 2.36. The summed E-state index contributed by atoms with van der Waals surface area (Å²) in [7, 11) is -6.96. The molecule has 0 radical (unpaired) electrons. The molecule has 0 aromatic heterocycles. The second-order valence-corrected chi connectivity index (χ2v) is 14.3. The van der Waals surface area contributed by atoms with E-state index in [-0.39, 0.29) is 16.9 Å². The Kier molecular flexibility index (Phi) is 12.6. The number of carbonyl (C=O) groups excluding carboxylic acids is 1. The zero-order valence-corrected chi connectivity index (χ0v) is 29.8. The van der Waals surface area contributed by atoms with Crippen LogP contribution in [-0.4, -0.2) is 55.0 Å². The van der Waals surface area contributed by atoms with Crippen molar-refractivity contribution in [1.29, 1.82) is 0 Å². The van der Waals surface area contributed by atoms with Crippen molar-refractivity contribution in [2.75, 3.05) is 21.3 Å². The third-order valence-electron chi connectivity index (χ3n) is 7.81. The molecule has 0 saturated heterocycles. The van der Waals surface area contributed by atoms with Gasteiger partial charge in [0.25, 0.3) is 0 Å². The molecule has 0 spiro atoms. The maximum absolute atomic E-state index is 12.3. The zero-order chi connectivity index (χ0) is 39.2. The summed E-state index contributed by atoms with van der Waals surface area (Å²) in [6.45, 7) is 0. The molecule has 0 N–H and O–H groups in total. The Balaban J connectivity index is 0.000000182. The minimum Gasteiger partial charge on any atom is -0.497 e. The van der Waals surface area contributed by atoms with Gasteiger partial charge < -0.3 is 22.6 Å². The van der Waals surface area contributed by atoms with E-state index < -0.39 is 37.0 Å². The van der Waals surface area contributed by atoms with E-state index in [0.717, 1.165) is 35.8 Å². The minimum atomic E-state index is -5.70. The fourth-order valence-electron chi connectivity index (χ4n) is 5.17. The number of Topliss-reactive ketones (excluding diaryl/α,β-unsaturated/α-hetero) is 1. The minimum absolute atomic E-state index is 0.208. The van der Waals surface area contributed by atoms with Gasteiger partial charge in [-0.05, 0) is 90.7 Å². The van der Waals surface area contributed by atoms with E-state index in [1.165, 1.54) is 38.5 Å². The third kappa shape index (κ3) is 9.92. The van der Waals surface area contributed by atoms with E-state index in [9.17, 15) is 48.0 Å². The van der Waals surface area contributed by atoms with E-state index >= 15 is 0 Å². The second-order valence-electron chi connectivity index (χ2n) is 11.2. The lowest BCUT2D eigenvalue weighted by Gasteiger charge is -2.19. The zero-order valence-electron chi connectivity index (χ0n) is 28.2. The molecule has 0 atom stereocenters. The number of aryl methyl sites for hydroxylation is 2. The Labute approximate surface area is 301 Å². The van der Waals surface area contributed by atoms with Crippen molar-refractivity contribution in [2.24, 2.45) is 0 Å². The maximum atomic E-state index is 12.3. The van der Waals surface area contributed by atoms with Gasteiger partial charge in [-0.15, -0.1) is 0 Å². The lowest BCUT2D eigenvalue weighted by atomic mass is 9.91. The quantitative estimate of drug-likeness (QED) is 0.103. The summed E-state index contributed by atoms with van der Waals surface area (Å²) >= 11 is 0. The Morgan fingerprint density at radius 2 is 1.13 bits per heavy atom. The number of alkyl halides is 6. The highest BCUT2D eigenvalue weighted by Gasteiger charge is 2.49. The number of methoxy groups -OCH3 is 3. The van der Waals surface area contributed by atoms with Crippen LogP contribution in [-0.2, 0) is 37.3 Å². The third-order valence-corrected chi connectivity index (χ3v) is 9.74. The molecular weight excluding hydrogens is 758 g/mol. The summed E-state index contributed by atoms with van der Waals surface area (Å²) in [4.78, 5) is 11.5. The Bertz CT molecular complexity index is 2210. The highest BCUT2D eigenvalue weighted by molar-refractivity contribution is 7.88. The number of rotatable bonds is 7. The standard InChI is InChI=1S/C12H11F3O4S.C12H9F3O4S.C11H12O2/c2*1-18-9-6-5-8-3-2-4-11(10(8)7-9)19-20(16,17)12(13,14)15;1-13-9-6-5-8-3-2-4-11(12)10(8)7-9/h4-7H,2-3H2,1H3;2-7H,1H3;5-7H,2-4H2,1H3. The molecule has 0 heterocycles. The Hall–Kier alpha value is -4.97. The normalized spacial score (nSPS) is 14.2. The summed E-state index contributed by atoms with van der Waals surface area (Å²) in [6, 6.07) is 19.3. The molecule has 18 heteroatoms. The first-order valence-electron chi connectivity index (χ1n) is 15.5. The molecule has 2 aliphatic rings. The molecular formula is C35H32F6O10S2. The number of halogens is 6. The summed E-state index contributed by atoms with van der Waals surface area (Å²) in [5.74, 6) is 1.08. The largest absolute Gasteiger partial charge is 0.534 e. The van der Waals surface area contributed by atoms with Crippen LogP contribution in [0.5, 0.6) is 23.0 Å². The molecule has 0 bridgehead atoms. The summed E-state index contributed by atoms with van der Waals surface area (Å²) < 4.78 is 142. The van der Waals surface area contributed by atoms with Gasteiger partial charge >= 0.3 is 31.3 Å². The van der Waals surface area contributed by atoms with Gasteiger partial charge in [0, 0.05) is 22.9 Å². The first-order chi connectivity index (χ1) is 24.8. The predicted octanol–water partition coefficient (Wildman–Crippen LogP) is 8.14. The Morgan fingerprint density at radius 3 is 1.72 bits per heavy atom. The lowest BCUT2D eigenvalue weighted by molar-refractivity contribution is -0.0511. The fourth-order valence-corrected chi connectivity index (χ4v) is 6.13. The van der Waals surface area contributed by atoms with E-state index in [4.69, 9.17) is 14.2 Å². The molecule has 0 unspecified atom stereocenters. The number of hydrogen-bond acceptors (Lipinski definition) is 10. The SMILES string of the molecule is COc1ccc2c(c1)C(=O)CCC2.COc1ccc2c(c1)C(OS(=O)(=O)C(F)(F)F)=CCC2.COc1ccc2cccc(OS(=O)(=O)C(F)(F)F)c2c1. The summed E-state index contributed by atoms with van der Waals surface area (Å²) in [6.07, 6.45) is 5.01. The number of carbonyl (C=O) groups is 1. The summed E-state index contributed by atoms with van der Waals surface area (Å²) in [5.41, 5.74) is -7.91. The molecule has 2 aliphatic carbocycles. The lowest BCUT2D eigenvalue weighted by Crippen LogP contribution is -2.28. The van der Waals surface area contributed by atoms with E-state index in [1.807, 2.05) is 18.2 Å². The molecule has 10 nitrogen and oxygen atoms in total. The average Bonchev–Trinajstić information content (AvgIpc) is 3.11. The average molecular weight is 791 g/mol. The molecule has 53 heavy (non-hydrogen) atoms. The van der Waals surface area contributed by atoms with Crippen molar-refractivity contribution < 1.29 is 70.5 Å². The highest BCUT2D eigenvalue weighted by atomic mass is 32.2. The molecule has 4 aromatic rings. The van der Waals surface area contributed by atoms with E-state index in [1.54, 1.807) is 37.4 Å². The van der Waals surface area contributed by atoms with Crippen LogP contribution in [0.2, 0.25) is 0 Å². The molecule has 0 amide bonds. The fraction of sp³-hybridized carbons (Fsp3) is 0.286. The van der Waals surface area contributed by atoms with Gasteiger partial charge in [-0.1, -0.05) is 30.3 Å². The first-order valence-corrected chi connectivity index (χ1v) is 18.3. The van der Waals surface area contributed by atoms with Crippen molar-refractivity contribution in [3.8, 4) is 23.0 Å². The van der Waals surface area contributed by atoms with Gasteiger partial charge in [-0.3, -0.25) is 4.79 Å². The molecule has 0 fully saturated rings. The summed E-state index contributed by atoms with van der Waals surface area (Å²) in [5, 5.41) is 0.736. The van der Waals surface area contributed by atoms with Gasteiger partial charge in [0.05, 0.1) is 21.3 Å². The van der Waals surface area contributed by atoms with Crippen LogP contribution >= 0.6 is 0 Å².